The van der Waals surface area contributed by atoms with Gasteiger partial charge in [-0.3, -0.25) is 9.59 Å². The van der Waals surface area contributed by atoms with Crippen LogP contribution in [-0.2, 0) is 9.59 Å². The van der Waals surface area contributed by atoms with Gasteiger partial charge < -0.3 is 14.9 Å². The van der Waals surface area contributed by atoms with Crippen molar-refractivity contribution < 1.29 is 29.3 Å². The van der Waals surface area contributed by atoms with Crippen LogP contribution in [0.25, 0.3) is 6.08 Å². The second-order valence-electron chi connectivity index (χ2n) is 5.96. The second-order valence-corrected chi connectivity index (χ2v) is 6.95. The molecule has 2 aromatic carbocycles. The lowest BCUT2D eigenvalue weighted by Gasteiger charge is -2.13. The molecule has 1 atom stereocenters. The number of nitrogens with zero attached hydrogens (tertiary/aromatic N) is 1. The Bertz CT molecular complexity index is 936. The molecule has 1 heterocycles. The van der Waals surface area contributed by atoms with Crippen LogP contribution in [0, 0.1) is 0 Å². The van der Waals surface area contributed by atoms with Gasteiger partial charge in [0.05, 0.1) is 10.6 Å². The van der Waals surface area contributed by atoms with Crippen molar-refractivity contribution in [3.05, 3.63) is 59.0 Å². The lowest BCUT2D eigenvalue weighted by Crippen LogP contribution is -2.27. The number of carboxylic acid groups (broad SMARTS) is 1. The average Bonchev–Trinajstić information content (AvgIpc) is 2.95. The number of aromatic hydroxyl groups is 1. The predicted molar refractivity (Wildman–Crippen MR) is 105 cm³/mol. The third-order valence-electron chi connectivity index (χ3n) is 4.00. The molecule has 2 amide bonds. The van der Waals surface area contributed by atoms with E-state index in [0.717, 1.165) is 16.7 Å². The molecule has 1 fully saturated rings. The second kappa shape index (κ2) is 8.18. The molecule has 7 nitrogen and oxygen atoms in total. The van der Waals surface area contributed by atoms with Gasteiger partial charge in [-0.15, -0.1) is 0 Å². The zero-order valence-corrected chi connectivity index (χ0v) is 15.7. The summed E-state index contributed by atoms with van der Waals surface area (Å²) in [7, 11) is 0. The number of rotatable bonds is 6. The van der Waals surface area contributed by atoms with E-state index >= 15 is 0 Å². The summed E-state index contributed by atoms with van der Waals surface area (Å²) in [5.41, 5.74) is 1.05. The SMILES string of the molecule is CCC(Oc1ccc(/C=C2/SC(=O)N(c3ccc(O)cc3)C2=O)cc1)C(=O)O. The molecule has 1 aliphatic heterocycles. The summed E-state index contributed by atoms with van der Waals surface area (Å²) >= 11 is 0.825. The van der Waals surface area contributed by atoms with Crippen molar-refractivity contribution in [3.8, 4) is 11.5 Å². The van der Waals surface area contributed by atoms with Crippen molar-refractivity contribution in [3.63, 3.8) is 0 Å². The molecule has 0 spiro atoms. The molecule has 1 aliphatic rings. The van der Waals surface area contributed by atoms with Crippen LogP contribution in [0.5, 0.6) is 11.5 Å². The van der Waals surface area contributed by atoms with Crippen molar-refractivity contribution in [2.24, 2.45) is 0 Å². The summed E-state index contributed by atoms with van der Waals surface area (Å²) in [6.07, 6.45) is 0.998. The van der Waals surface area contributed by atoms with Crippen LogP contribution in [0.1, 0.15) is 18.9 Å². The molecule has 2 N–H and O–H groups in total. The van der Waals surface area contributed by atoms with E-state index in [1.54, 1.807) is 37.3 Å². The zero-order valence-electron chi connectivity index (χ0n) is 14.9. The normalized spacial score (nSPS) is 16.5. The van der Waals surface area contributed by atoms with Crippen LogP contribution >= 0.6 is 11.8 Å². The largest absolute Gasteiger partial charge is 0.508 e. The van der Waals surface area contributed by atoms with Gasteiger partial charge in [-0.1, -0.05) is 19.1 Å². The first-order chi connectivity index (χ1) is 13.4. The summed E-state index contributed by atoms with van der Waals surface area (Å²) in [5, 5.41) is 18.0. The summed E-state index contributed by atoms with van der Waals surface area (Å²) in [6, 6.07) is 12.4. The molecule has 0 radical (unpaired) electrons. The van der Waals surface area contributed by atoms with Gasteiger partial charge in [-0.05, 0) is 66.2 Å². The van der Waals surface area contributed by atoms with Crippen LogP contribution in [0.2, 0.25) is 0 Å². The molecule has 2 aromatic rings. The number of imide groups is 1. The smallest absolute Gasteiger partial charge is 0.344 e. The van der Waals surface area contributed by atoms with E-state index in [9.17, 15) is 19.5 Å². The third kappa shape index (κ3) is 4.17. The molecule has 3 rings (SSSR count). The van der Waals surface area contributed by atoms with Gasteiger partial charge in [-0.25, -0.2) is 9.69 Å². The number of phenols is 1. The van der Waals surface area contributed by atoms with Gasteiger partial charge in [0.2, 0.25) is 0 Å². The maximum absolute atomic E-state index is 12.6. The molecule has 0 saturated carbocycles. The quantitative estimate of drug-likeness (QED) is 0.711. The molecule has 0 bridgehead atoms. The van der Waals surface area contributed by atoms with E-state index in [1.807, 2.05) is 0 Å². The van der Waals surface area contributed by atoms with Gasteiger partial charge >= 0.3 is 5.97 Å². The molecular formula is C20H17NO6S. The van der Waals surface area contributed by atoms with Gasteiger partial charge in [-0.2, -0.15) is 0 Å². The number of phenolic OH excluding ortho intramolecular Hbond substituents is 1. The Morgan fingerprint density at radius 1 is 1.14 bits per heavy atom. The predicted octanol–water partition coefficient (Wildman–Crippen LogP) is 3.88. The number of hydrogen-bond donors (Lipinski definition) is 2. The minimum Gasteiger partial charge on any atom is -0.508 e. The van der Waals surface area contributed by atoms with E-state index in [0.29, 0.717) is 23.4 Å². The van der Waals surface area contributed by atoms with E-state index in [1.165, 1.54) is 24.3 Å². The first kappa shape index (κ1) is 19.5. The van der Waals surface area contributed by atoms with Crippen LogP contribution < -0.4 is 9.64 Å². The molecule has 1 unspecified atom stereocenters. The van der Waals surface area contributed by atoms with Crippen molar-refractivity contribution in [1.29, 1.82) is 0 Å². The minimum absolute atomic E-state index is 0.0433. The van der Waals surface area contributed by atoms with Crippen LogP contribution in [0.3, 0.4) is 0 Å². The molecule has 144 valence electrons. The number of hydrogen-bond acceptors (Lipinski definition) is 6. The summed E-state index contributed by atoms with van der Waals surface area (Å²) < 4.78 is 5.40. The molecule has 0 aromatic heterocycles. The van der Waals surface area contributed by atoms with Gasteiger partial charge in [0.1, 0.15) is 11.5 Å². The molecule has 8 heteroatoms. The van der Waals surface area contributed by atoms with Crippen molar-refractivity contribution in [2.75, 3.05) is 4.90 Å². The highest BCUT2D eigenvalue weighted by atomic mass is 32.2. The van der Waals surface area contributed by atoms with Crippen molar-refractivity contribution in [2.45, 2.75) is 19.4 Å². The topological polar surface area (TPSA) is 104 Å². The van der Waals surface area contributed by atoms with E-state index < -0.39 is 23.2 Å². The van der Waals surface area contributed by atoms with E-state index in [-0.39, 0.29) is 10.7 Å². The van der Waals surface area contributed by atoms with Crippen molar-refractivity contribution in [1.82, 2.24) is 0 Å². The zero-order chi connectivity index (χ0) is 20.3. The highest BCUT2D eigenvalue weighted by molar-refractivity contribution is 8.19. The van der Waals surface area contributed by atoms with Gasteiger partial charge in [0.25, 0.3) is 11.1 Å². The fraction of sp³-hybridized carbons (Fsp3) is 0.150. The Morgan fingerprint density at radius 2 is 1.79 bits per heavy atom. The van der Waals surface area contributed by atoms with Gasteiger partial charge in [0, 0.05) is 0 Å². The Hall–Kier alpha value is -3.26. The van der Waals surface area contributed by atoms with Crippen LogP contribution in [-0.4, -0.2) is 33.4 Å². The number of aliphatic carboxylic acids is 1. The summed E-state index contributed by atoms with van der Waals surface area (Å²) in [4.78, 5) is 37.2. The van der Waals surface area contributed by atoms with Gasteiger partial charge in [0.15, 0.2) is 6.10 Å². The number of carboxylic acids is 1. The number of carbonyl (C=O) groups is 3. The highest BCUT2D eigenvalue weighted by Crippen LogP contribution is 2.36. The Labute approximate surface area is 165 Å². The van der Waals surface area contributed by atoms with E-state index in [2.05, 4.69) is 0 Å². The number of ether oxygens (including phenoxy) is 1. The van der Waals surface area contributed by atoms with Crippen LogP contribution in [0.15, 0.2) is 53.4 Å². The van der Waals surface area contributed by atoms with Crippen LogP contribution in [0.4, 0.5) is 10.5 Å². The number of benzene rings is 2. The lowest BCUT2D eigenvalue weighted by molar-refractivity contribution is -0.145. The van der Waals surface area contributed by atoms with Crippen molar-refractivity contribution >= 4 is 40.6 Å². The standard InChI is InChI=1S/C20H17NO6S/c1-2-16(19(24)25)27-15-9-3-12(4-10-15)11-17-18(23)21(20(26)28-17)13-5-7-14(22)8-6-13/h3-11,16,22H,2H2,1H3,(H,24,25)/b17-11+. The molecular weight excluding hydrogens is 382 g/mol. The van der Waals surface area contributed by atoms with E-state index in [4.69, 9.17) is 9.84 Å². The first-order valence-electron chi connectivity index (χ1n) is 8.45. The lowest BCUT2D eigenvalue weighted by atomic mass is 10.2. The highest BCUT2D eigenvalue weighted by Gasteiger charge is 2.36. The first-order valence-corrected chi connectivity index (χ1v) is 9.27. The minimum atomic E-state index is -1.03. The number of anilines is 1. The molecule has 28 heavy (non-hydrogen) atoms. The third-order valence-corrected chi connectivity index (χ3v) is 4.87. The average molecular weight is 399 g/mol. The summed E-state index contributed by atoms with van der Waals surface area (Å²) in [5.74, 6) is -1.03. The Morgan fingerprint density at radius 3 is 2.36 bits per heavy atom. The molecule has 1 saturated heterocycles. The number of thioether (sulfide) groups is 1. The Balaban J connectivity index is 1.76. The monoisotopic (exact) mass is 399 g/mol. The maximum Gasteiger partial charge on any atom is 0.344 e. The maximum atomic E-state index is 12.6. The fourth-order valence-electron chi connectivity index (χ4n) is 2.56. The summed E-state index contributed by atoms with van der Waals surface area (Å²) in [6.45, 7) is 1.72. The Kier molecular flexibility index (Phi) is 5.70. The number of carbonyl (C=O) groups excluding carboxylic acids is 2. The molecule has 0 aliphatic carbocycles. The number of amides is 2. The fourth-order valence-corrected chi connectivity index (χ4v) is 3.40.